The van der Waals surface area contributed by atoms with Crippen LogP contribution in [0.5, 0.6) is 0 Å². The van der Waals surface area contributed by atoms with Crippen LogP contribution in [-0.2, 0) is 11.2 Å². The van der Waals surface area contributed by atoms with Crippen LogP contribution in [0.3, 0.4) is 0 Å². The van der Waals surface area contributed by atoms with Crippen LogP contribution in [0, 0.1) is 17.8 Å². The zero-order valence-electron chi connectivity index (χ0n) is 11.1. The van der Waals surface area contributed by atoms with Crippen LogP contribution >= 0.6 is 0 Å². The number of carbonyl (C=O) groups is 2. The number of carbonyl (C=O) groups excluding carboxylic acids is 1. The van der Waals surface area contributed by atoms with E-state index in [0.717, 1.165) is 0 Å². The smallest absolute Gasteiger partial charge is 0.356 e. The zero-order chi connectivity index (χ0) is 15.2. The molecule has 3 rings (SSSR count). The number of nitrogens with zero attached hydrogens (tertiary/aromatic N) is 1. The average Bonchev–Trinajstić information content (AvgIpc) is 2.77. The number of carboxylic acids is 1. The van der Waals surface area contributed by atoms with Crippen molar-refractivity contribution in [3.05, 3.63) is 17.5 Å². The number of aromatic amines is 1. The van der Waals surface area contributed by atoms with Gasteiger partial charge in [0.1, 0.15) is 0 Å². The Morgan fingerprint density at radius 3 is 2.67 bits per heavy atom. The molecular formula is C13H15F2N3O3. The molecule has 2 aliphatic carbocycles. The predicted octanol–water partition coefficient (Wildman–Crippen LogP) is 1.06. The van der Waals surface area contributed by atoms with Gasteiger partial charge in [0.15, 0.2) is 5.69 Å². The van der Waals surface area contributed by atoms with E-state index in [9.17, 15) is 18.4 Å². The summed E-state index contributed by atoms with van der Waals surface area (Å²) in [6.45, 7) is 0.326. The van der Waals surface area contributed by atoms with E-state index in [1.807, 2.05) is 0 Å². The fourth-order valence-corrected chi connectivity index (χ4v) is 3.20. The molecule has 0 radical (unpaired) electrons. The Morgan fingerprint density at radius 1 is 1.43 bits per heavy atom. The first kappa shape index (κ1) is 14.0. The lowest BCUT2D eigenvalue weighted by Crippen LogP contribution is -2.30. The first-order valence-corrected chi connectivity index (χ1v) is 6.80. The minimum Gasteiger partial charge on any atom is -0.476 e. The second kappa shape index (κ2) is 4.78. The maximum atomic E-state index is 13.0. The fourth-order valence-electron chi connectivity index (χ4n) is 3.20. The van der Waals surface area contributed by atoms with Gasteiger partial charge in [-0.1, -0.05) is 0 Å². The van der Waals surface area contributed by atoms with Crippen molar-refractivity contribution in [2.45, 2.75) is 25.2 Å². The molecule has 0 saturated heterocycles. The van der Waals surface area contributed by atoms with Crippen LogP contribution in [0.25, 0.3) is 0 Å². The molecule has 0 aliphatic heterocycles. The highest BCUT2D eigenvalue weighted by molar-refractivity contribution is 5.85. The van der Waals surface area contributed by atoms with Gasteiger partial charge in [-0.3, -0.25) is 9.89 Å². The second-order valence-corrected chi connectivity index (χ2v) is 5.74. The predicted molar refractivity (Wildman–Crippen MR) is 66.9 cm³/mol. The molecule has 0 spiro atoms. The van der Waals surface area contributed by atoms with Gasteiger partial charge < -0.3 is 10.4 Å². The summed E-state index contributed by atoms with van der Waals surface area (Å²) in [7, 11) is 0. The number of hydrogen-bond donors (Lipinski definition) is 3. The van der Waals surface area contributed by atoms with Crippen LogP contribution in [0.15, 0.2) is 6.07 Å². The summed E-state index contributed by atoms with van der Waals surface area (Å²) >= 11 is 0. The lowest BCUT2D eigenvalue weighted by Gasteiger charge is -2.12. The standard InChI is InChI=1S/C13H15F2N3O3/c14-13(15)4-7-8(5-13)10(7)11(19)16-2-1-6-3-9(12(20)21)18-17-6/h3,7-8,10H,1-2,4-5H2,(H,16,19)(H,17,18)(H,20,21)/t7-,8+,10?. The van der Waals surface area contributed by atoms with Crippen LogP contribution < -0.4 is 5.32 Å². The van der Waals surface area contributed by atoms with Crippen molar-refractivity contribution in [3.63, 3.8) is 0 Å². The van der Waals surface area contributed by atoms with Gasteiger partial charge in [0, 0.05) is 37.4 Å². The number of hydrogen-bond acceptors (Lipinski definition) is 3. The first-order chi connectivity index (χ1) is 9.87. The summed E-state index contributed by atoms with van der Waals surface area (Å²) in [6, 6.07) is 1.40. The Morgan fingerprint density at radius 2 is 2.10 bits per heavy atom. The molecule has 1 aromatic rings. The number of aromatic carboxylic acids is 1. The van der Waals surface area contributed by atoms with Crippen LogP contribution in [0.4, 0.5) is 8.78 Å². The number of nitrogens with one attached hydrogen (secondary N) is 2. The molecule has 1 heterocycles. The number of aromatic nitrogens is 2. The molecule has 1 unspecified atom stereocenters. The lowest BCUT2D eigenvalue weighted by atomic mass is 10.1. The number of halogens is 2. The van der Waals surface area contributed by atoms with Gasteiger partial charge in [-0.15, -0.1) is 0 Å². The third-order valence-corrected chi connectivity index (χ3v) is 4.25. The second-order valence-electron chi connectivity index (χ2n) is 5.74. The van der Waals surface area contributed by atoms with Gasteiger partial charge in [-0.05, 0) is 17.9 Å². The van der Waals surface area contributed by atoms with E-state index in [4.69, 9.17) is 5.11 Å². The molecule has 1 aromatic heterocycles. The van der Waals surface area contributed by atoms with Crippen molar-refractivity contribution >= 4 is 11.9 Å². The van der Waals surface area contributed by atoms with Crippen molar-refractivity contribution < 1.29 is 23.5 Å². The molecule has 114 valence electrons. The number of carboxylic acid groups (broad SMARTS) is 1. The molecule has 8 heteroatoms. The maximum Gasteiger partial charge on any atom is 0.356 e. The normalized spacial score (nSPS) is 29.0. The Kier molecular flexibility index (Phi) is 3.18. The van der Waals surface area contributed by atoms with E-state index in [1.165, 1.54) is 6.07 Å². The van der Waals surface area contributed by atoms with Gasteiger partial charge in [0.05, 0.1) is 0 Å². The Bertz CT molecular complexity index is 573. The molecule has 1 amide bonds. The van der Waals surface area contributed by atoms with E-state index in [2.05, 4.69) is 15.5 Å². The highest BCUT2D eigenvalue weighted by Gasteiger charge is 2.65. The van der Waals surface area contributed by atoms with Gasteiger partial charge >= 0.3 is 5.97 Å². The van der Waals surface area contributed by atoms with E-state index >= 15 is 0 Å². The van der Waals surface area contributed by atoms with Crippen LogP contribution in [-0.4, -0.2) is 39.6 Å². The topological polar surface area (TPSA) is 95.1 Å². The number of fused-ring (bicyclic) bond motifs is 1. The van der Waals surface area contributed by atoms with Crippen molar-refractivity contribution in [2.24, 2.45) is 17.8 Å². The Labute approximate surface area is 118 Å². The Hall–Kier alpha value is -1.99. The molecule has 21 heavy (non-hydrogen) atoms. The molecule has 2 saturated carbocycles. The third-order valence-electron chi connectivity index (χ3n) is 4.25. The van der Waals surface area contributed by atoms with E-state index < -0.39 is 11.9 Å². The molecule has 0 bridgehead atoms. The summed E-state index contributed by atoms with van der Waals surface area (Å²) in [5.74, 6) is -4.53. The number of rotatable bonds is 5. The Balaban J connectivity index is 1.42. The first-order valence-electron chi connectivity index (χ1n) is 6.80. The van der Waals surface area contributed by atoms with Crippen molar-refractivity contribution in [3.8, 4) is 0 Å². The largest absolute Gasteiger partial charge is 0.476 e. The summed E-state index contributed by atoms with van der Waals surface area (Å²) in [5, 5.41) is 17.6. The molecule has 6 nitrogen and oxygen atoms in total. The zero-order valence-corrected chi connectivity index (χ0v) is 11.1. The van der Waals surface area contributed by atoms with Crippen LogP contribution in [0.2, 0.25) is 0 Å². The lowest BCUT2D eigenvalue weighted by molar-refractivity contribution is -0.123. The summed E-state index contributed by atoms with van der Waals surface area (Å²) in [4.78, 5) is 22.5. The third kappa shape index (κ3) is 2.74. The molecule has 2 fully saturated rings. The monoisotopic (exact) mass is 299 g/mol. The molecule has 2 aliphatic rings. The quantitative estimate of drug-likeness (QED) is 0.757. The van der Waals surface area contributed by atoms with E-state index in [0.29, 0.717) is 18.7 Å². The van der Waals surface area contributed by atoms with E-state index in [1.54, 1.807) is 0 Å². The molecular weight excluding hydrogens is 284 g/mol. The number of H-pyrrole nitrogens is 1. The van der Waals surface area contributed by atoms with Gasteiger partial charge in [-0.25, -0.2) is 13.6 Å². The summed E-state index contributed by atoms with van der Waals surface area (Å²) < 4.78 is 26.0. The minimum absolute atomic E-state index is 0.0738. The average molecular weight is 299 g/mol. The fraction of sp³-hybridized carbons (Fsp3) is 0.615. The summed E-state index contributed by atoms with van der Waals surface area (Å²) in [5.41, 5.74) is 0.533. The molecule has 3 atom stereocenters. The minimum atomic E-state index is -2.60. The maximum absolute atomic E-state index is 13.0. The van der Waals surface area contributed by atoms with Crippen molar-refractivity contribution in [2.75, 3.05) is 6.54 Å². The number of amides is 1. The highest BCUT2D eigenvalue weighted by Crippen LogP contribution is 2.62. The summed E-state index contributed by atoms with van der Waals surface area (Å²) in [6.07, 6.45) is 0.0563. The van der Waals surface area contributed by atoms with Gasteiger partial charge in [0.25, 0.3) is 0 Å². The highest BCUT2D eigenvalue weighted by atomic mass is 19.3. The number of alkyl halides is 2. The molecule has 3 N–H and O–H groups in total. The van der Waals surface area contributed by atoms with Crippen molar-refractivity contribution in [1.29, 1.82) is 0 Å². The molecule has 0 aromatic carbocycles. The van der Waals surface area contributed by atoms with Gasteiger partial charge in [-0.2, -0.15) is 5.10 Å². The van der Waals surface area contributed by atoms with Gasteiger partial charge in [0.2, 0.25) is 11.8 Å². The van der Waals surface area contributed by atoms with Crippen molar-refractivity contribution in [1.82, 2.24) is 15.5 Å². The van der Waals surface area contributed by atoms with E-state index in [-0.39, 0.29) is 42.2 Å². The SMILES string of the molecule is O=C(O)c1cc(CCNC(=O)C2[C@H]3CC(F)(F)C[C@@H]23)[nH]n1. The van der Waals surface area contributed by atoms with Crippen LogP contribution in [0.1, 0.15) is 29.0 Å².